The van der Waals surface area contributed by atoms with Gasteiger partial charge in [0.1, 0.15) is 17.6 Å². The summed E-state index contributed by atoms with van der Waals surface area (Å²) >= 11 is 0. The lowest BCUT2D eigenvalue weighted by atomic mass is 10.1. The maximum Gasteiger partial charge on any atom is 0.588 e. The standard InChI is InChI=1S/C22H21O5P/c1-17-13-15-19(16-14-17)22(23)18(2)25-28(24,26-20-9-5-3-6-10-20)27-21-11-7-4-8-12-21/h3-16,18H,1-2H3/t18-/m1/s1. The molecule has 3 aromatic rings. The van der Waals surface area contributed by atoms with E-state index in [4.69, 9.17) is 13.6 Å². The Morgan fingerprint density at radius 2 is 1.25 bits per heavy atom. The zero-order valence-electron chi connectivity index (χ0n) is 15.6. The van der Waals surface area contributed by atoms with Crippen LogP contribution < -0.4 is 9.05 Å². The average Bonchev–Trinajstić information content (AvgIpc) is 2.69. The van der Waals surface area contributed by atoms with Crippen LogP contribution in [0.4, 0.5) is 0 Å². The van der Waals surface area contributed by atoms with Gasteiger partial charge in [-0.3, -0.25) is 9.32 Å². The largest absolute Gasteiger partial charge is 0.588 e. The fourth-order valence-corrected chi connectivity index (χ4v) is 3.84. The number of rotatable bonds is 8. The van der Waals surface area contributed by atoms with Crippen molar-refractivity contribution < 1.29 is 22.9 Å². The van der Waals surface area contributed by atoms with Crippen LogP contribution in [-0.4, -0.2) is 11.9 Å². The van der Waals surface area contributed by atoms with Crippen molar-refractivity contribution in [1.29, 1.82) is 0 Å². The summed E-state index contributed by atoms with van der Waals surface area (Å²) in [5.41, 5.74) is 1.50. The van der Waals surface area contributed by atoms with E-state index in [1.807, 2.05) is 19.1 Å². The van der Waals surface area contributed by atoms with E-state index < -0.39 is 13.9 Å². The summed E-state index contributed by atoms with van der Waals surface area (Å²) in [6, 6.07) is 24.2. The summed E-state index contributed by atoms with van der Waals surface area (Å²) < 4.78 is 30.0. The number of phosphoric acid groups is 1. The molecule has 0 spiro atoms. The molecular weight excluding hydrogens is 375 g/mol. The molecule has 0 saturated carbocycles. The van der Waals surface area contributed by atoms with E-state index in [1.54, 1.807) is 72.8 Å². The van der Waals surface area contributed by atoms with Gasteiger partial charge in [-0.2, -0.15) is 0 Å². The van der Waals surface area contributed by atoms with Gasteiger partial charge < -0.3 is 9.05 Å². The Kier molecular flexibility index (Phi) is 6.30. The molecule has 6 heteroatoms. The minimum absolute atomic E-state index is 0.312. The molecule has 0 saturated heterocycles. The number of ketones is 1. The summed E-state index contributed by atoms with van der Waals surface area (Å²) in [5.74, 6) is 0.321. The van der Waals surface area contributed by atoms with Gasteiger partial charge in [-0.15, -0.1) is 0 Å². The molecule has 0 aliphatic rings. The van der Waals surface area contributed by atoms with Gasteiger partial charge in [-0.05, 0) is 38.1 Å². The lowest BCUT2D eigenvalue weighted by molar-refractivity contribution is 0.0761. The maximum atomic E-state index is 13.3. The molecule has 0 heterocycles. The van der Waals surface area contributed by atoms with Gasteiger partial charge in [-0.1, -0.05) is 66.2 Å². The number of hydrogen-bond acceptors (Lipinski definition) is 5. The number of carbonyl (C=O) groups is 1. The predicted molar refractivity (Wildman–Crippen MR) is 108 cm³/mol. The first-order valence-electron chi connectivity index (χ1n) is 8.84. The van der Waals surface area contributed by atoms with Crippen molar-refractivity contribution in [2.75, 3.05) is 0 Å². The minimum Gasteiger partial charge on any atom is -0.395 e. The molecule has 28 heavy (non-hydrogen) atoms. The summed E-state index contributed by atoms with van der Waals surface area (Å²) in [6.07, 6.45) is -1.03. The first-order valence-corrected chi connectivity index (χ1v) is 10.3. The van der Waals surface area contributed by atoms with Crippen LogP contribution in [0.2, 0.25) is 0 Å². The highest BCUT2D eigenvalue weighted by molar-refractivity contribution is 7.49. The van der Waals surface area contributed by atoms with Gasteiger partial charge in [-0.25, -0.2) is 4.57 Å². The zero-order valence-corrected chi connectivity index (χ0v) is 16.5. The third kappa shape index (κ3) is 5.32. The molecule has 144 valence electrons. The normalized spacial score (nSPS) is 12.2. The lowest BCUT2D eigenvalue weighted by Crippen LogP contribution is -2.22. The minimum atomic E-state index is -4.12. The van der Waals surface area contributed by atoms with Gasteiger partial charge in [0.25, 0.3) is 0 Å². The zero-order chi connectivity index (χ0) is 20.0. The number of carbonyl (C=O) groups excluding carboxylic acids is 1. The number of phosphoric ester groups is 1. The van der Waals surface area contributed by atoms with E-state index in [9.17, 15) is 9.36 Å². The Morgan fingerprint density at radius 1 is 0.786 bits per heavy atom. The monoisotopic (exact) mass is 396 g/mol. The number of para-hydroxylation sites is 2. The molecule has 0 bridgehead atoms. The molecule has 1 atom stereocenters. The van der Waals surface area contributed by atoms with E-state index in [0.717, 1.165) is 5.56 Å². The highest BCUT2D eigenvalue weighted by Gasteiger charge is 2.35. The molecule has 0 aromatic heterocycles. The molecule has 3 aromatic carbocycles. The second kappa shape index (κ2) is 8.87. The Hall–Kier alpha value is -2.88. The molecule has 0 aliphatic carbocycles. The molecule has 0 N–H and O–H groups in total. The second-order valence-electron chi connectivity index (χ2n) is 6.23. The third-order valence-electron chi connectivity index (χ3n) is 3.91. The van der Waals surface area contributed by atoms with Crippen LogP contribution in [0.15, 0.2) is 84.9 Å². The molecule has 3 rings (SSSR count). The quantitative estimate of drug-likeness (QED) is 0.353. The SMILES string of the molecule is Cc1ccc(C(=O)[C@@H](C)OP(=O)(Oc2ccccc2)Oc2ccccc2)cc1. The van der Waals surface area contributed by atoms with Crippen molar-refractivity contribution in [2.45, 2.75) is 20.0 Å². The topological polar surface area (TPSA) is 61.8 Å². The molecular formula is C22H21O5P. The van der Waals surface area contributed by atoms with Crippen molar-refractivity contribution in [1.82, 2.24) is 0 Å². The Balaban J connectivity index is 1.82. The molecule has 5 nitrogen and oxygen atoms in total. The van der Waals surface area contributed by atoms with Crippen molar-refractivity contribution in [3.8, 4) is 11.5 Å². The van der Waals surface area contributed by atoms with Crippen LogP contribution in [0.25, 0.3) is 0 Å². The Morgan fingerprint density at radius 3 is 1.71 bits per heavy atom. The van der Waals surface area contributed by atoms with Crippen LogP contribution in [-0.2, 0) is 9.09 Å². The van der Waals surface area contributed by atoms with Crippen molar-refractivity contribution in [3.05, 3.63) is 96.1 Å². The lowest BCUT2D eigenvalue weighted by Gasteiger charge is -2.22. The van der Waals surface area contributed by atoms with Crippen LogP contribution >= 0.6 is 7.82 Å². The smallest absolute Gasteiger partial charge is 0.395 e. The highest BCUT2D eigenvalue weighted by Crippen LogP contribution is 2.50. The van der Waals surface area contributed by atoms with E-state index in [0.29, 0.717) is 17.1 Å². The summed E-state index contributed by atoms with van der Waals surface area (Å²) in [6.45, 7) is 3.46. The van der Waals surface area contributed by atoms with E-state index >= 15 is 0 Å². The number of aryl methyl sites for hydroxylation is 1. The summed E-state index contributed by atoms with van der Waals surface area (Å²) in [4.78, 5) is 12.7. The summed E-state index contributed by atoms with van der Waals surface area (Å²) in [7, 11) is -4.12. The van der Waals surface area contributed by atoms with Gasteiger partial charge in [0, 0.05) is 5.56 Å². The Bertz CT molecular complexity index is 910. The second-order valence-corrected chi connectivity index (χ2v) is 7.70. The highest BCUT2D eigenvalue weighted by atomic mass is 31.2. The van der Waals surface area contributed by atoms with Gasteiger partial charge in [0.05, 0.1) is 0 Å². The molecule has 0 radical (unpaired) electrons. The average molecular weight is 396 g/mol. The Labute approximate surface area is 164 Å². The van der Waals surface area contributed by atoms with Gasteiger partial charge in [0.2, 0.25) is 0 Å². The van der Waals surface area contributed by atoms with E-state index in [-0.39, 0.29) is 5.78 Å². The van der Waals surface area contributed by atoms with Crippen molar-refractivity contribution in [3.63, 3.8) is 0 Å². The van der Waals surface area contributed by atoms with Gasteiger partial charge in [0.15, 0.2) is 5.78 Å². The van der Waals surface area contributed by atoms with Crippen LogP contribution in [0.1, 0.15) is 22.8 Å². The first-order chi connectivity index (χ1) is 13.5. The van der Waals surface area contributed by atoms with E-state index in [2.05, 4.69) is 0 Å². The van der Waals surface area contributed by atoms with E-state index in [1.165, 1.54) is 6.92 Å². The van der Waals surface area contributed by atoms with Crippen LogP contribution in [0.5, 0.6) is 11.5 Å². The van der Waals surface area contributed by atoms with Crippen molar-refractivity contribution >= 4 is 13.6 Å². The molecule has 0 aliphatic heterocycles. The number of hydrogen-bond donors (Lipinski definition) is 0. The van der Waals surface area contributed by atoms with Crippen LogP contribution in [0.3, 0.4) is 0 Å². The molecule has 0 amide bonds. The summed E-state index contributed by atoms with van der Waals surface area (Å²) in [5, 5.41) is 0. The third-order valence-corrected chi connectivity index (χ3v) is 5.36. The number of benzene rings is 3. The first kappa shape index (κ1) is 19.9. The van der Waals surface area contributed by atoms with Gasteiger partial charge >= 0.3 is 7.82 Å². The fourth-order valence-electron chi connectivity index (χ4n) is 2.48. The fraction of sp³-hybridized carbons (Fsp3) is 0.136. The van der Waals surface area contributed by atoms with Crippen LogP contribution in [0, 0.1) is 6.92 Å². The predicted octanol–water partition coefficient (Wildman–Crippen LogP) is 5.85. The molecule has 0 unspecified atom stereocenters. The molecule has 0 fully saturated rings. The maximum absolute atomic E-state index is 13.3. The van der Waals surface area contributed by atoms with Crippen molar-refractivity contribution in [2.24, 2.45) is 0 Å². The number of Topliss-reactive ketones (excluding diaryl/α,β-unsaturated/α-hetero) is 1.